The highest BCUT2D eigenvalue weighted by Crippen LogP contribution is 2.22. The molecule has 2 heterocycles. The molecule has 0 atom stereocenters. The topological polar surface area (TPSA) is 52.0 Å². The summed E-state index contributed by atoms with van der Waals surface area (Å²) >= 11 is 1.72. The van der Waals surface area contributed by atoms with E-state index < -0.39 is 0 Å². The number of thiazole rings is 1. The summed E-state index contributed by atoms with van der Waals surface area (Å²) in [5.41, 5.74) is 2.22. The maximum absolute atomic E-state index is 5.03. The molecule has 0 saturated heterocycles. The highest BCUT2D eigenvalue weighted by atomic mass is 32.1. The van der Waals surface area contributed by atoms with Crippen LogP contribution >= 0.6 is 11.3 Å². The average Bonchev–Trinajstić information content (AvgIpc) is 3.10. The lowest BCUT2D eigenvalue weighted by molar-refractivity contribution is 0.199. The standard InChI is InChI=1S/C15H18N4OS/c1-20-9-8-16-10-12-6-7-17-19(12)11-15-18-13-4-2-3-5-14(13)21-15/h2-7,16H,8-11H2,1H3. The average molecular weight is 302 g/mol. The van der Waals surface area contributed by atoms with Gasteiger partial charge in [-0.25, -0.2) is 4.98 Å². The van der Waals surface area contributed by atoms with E-state index >= 15 is 0 Å². The molecule has 3 rings (SSSR count). The van der Waals surface area contributed by atoms with Gasteiger partial charge in [-0.05, 0) is 18.2 Å². The third-order valence-corrected chi connectivity index (χ3v) is 4.24. The van der Waals surface area contributed by atoms with E-state index in [9.17, 15) is 0 Å². The Morgan fingerprint density at radius 1 is 1.29 bits per heavy atom. The molecule has 0 spiro atoms. The fourth-order valence-corrected chi connectivity index (χ4v) is 3.11. The second-order valence-corrected chi connectivity index (χ2v) is 5.84. The maximum atomic E-state index is 5.03. The molecule has 6 heteroatoms. The van der Waals surface area contributed by atoms with Crippen molar-refractivity contribution in [2.75, 3.05) is 20.3 Å². The van der Waals surface area contributed by atoms with Crippen LogP contribution in [0.1, 0.15) is 10.7 Å². The summed E-state index contributed by atoms with van der Waals surface area (Å²) in [6.07, 6.45) is 1.83. The minimum atomic E-state index is 0.714. The number of ether oxygens (including phenoxy) is 1. The van der Waals surface area contributed by atoms with Crippen LogP contribution in [0.4, 0.5) is 0 Å². The Kier molecular flexibility index (Phi) is 4.59. The van der Waals surface area contributed by atoms with Crippen molar-refractivity contribution < 1.29 is 4.74 Å². The minimum Gasteiger partial charge on any atom is -0.383 e. The Balaban J connectivity index is 1.68. The van der Waals surface area contributed by atoms with Gasteiger partial charge in [-0.15, -0.1) is 11.3 Å². The van der Waals surface area contributed by atoms with E-state index in [0.717, 1.165) is 29.3 Å². The normalized spacial score (nSPS) is 11.3. The number of para-hydroxylation sites is 1. The number of fused-ring (bicyclic) bond motifs is 1. The summed E-state index contributed by atoms with van der Waals surface area (Å²) < 4.78 is 8.25. The quantitative estimate of drug-likeness (QED) is 0.680. The predicted octanol–water partition coefficient (Wildman–Crippen LogP) is 2.28. The first kappa shape index (κ1) is 14.2. The zero-order chi connectivity index (χ0) is 14.5. The molecule has 0 aliphatic carbocycles. The molecule has 0 saturated carbocycles. The van der Waals surface area contributed by atoms with Crippen molar-refractivity contribution in [2.45, 2.75) is 13.1 Å². The fraction of sp³-hybridized carbons (Fsp3) is 0.333. The van der Waals surface area contributed by atoms with Gasteiger partial charge in [0.25, 0.3) is 0 Å². The van der Waals surface area contributed by atoms with Crippen LogP contribution in [0.5, 0.6) is 0 Å². The number of nitrogens with zero attached hydrogens (tertiary/aromatic N) is 3. The van der Waals surface area contributed by atoms with E-state index in [1.54, 1.807) is 18.4 Å². The van der Waals surface area contributed by atoms with Crippen molar-refractivity contribution in [1.29, 1.82) is 0 Å². The monoisotopic (exact) mass is 302 g/mol. The SMILES string of the molecule is COCCNCc1ccnn1Cc1nc2ccccc2s1. The van der Waals surface area contributed by atoms with Crippen LogP contribution in [0.3, 0.4) is 0 Å². The maximum Gasteiger partial charge on any atom is 0.115 e. The lowest BCUT2D eigenvalue weighted by Gasteiger charge is -2.07. The number of nitrogens with one attached hydrogen (secondary N) is 1. The third-order valence-electron chi connectivity index (χ3n) is 3.22. The smallest absolute Gasteiger partial charge is 0.115 e. The molecule has 0 bridgehead atoms. The van der Waals surface area contributed by atoms with Crippen LogP contribution in [-0.4, -0.2) is 35.0 Å². The van der Waals surface area contributed by atoms with Crippen molar-refractivity contribution in [3.63, 3.8) is 0 Å². The molecule has 0 fully saturated rings. The Labute approximate surface area is 127 Å². The second kappa shape index (κ2) is 6.80. The molecular formula is C15H18N4OS. The molecule has 1 aromatic carbocycles. The van der Waals surface area contributed by atoms with Gasteiger partial charge < -0.3 is 10.1 Å². The van der Waals surface area contributed by atoms with Gasteiger partial charge in [0.2, 0.25) is 0 Å². The summed E-state index contributed by atoms with van der Waals surface area (Å²) in [5.74, 6) is 0. The molecule has 1 N–H and O–H groups in total. The summed E-state index contributed by atoms with van der Waals surface area (Å²) in [6, 6.07) is 10.2. The molecule has 2 aromatic heterocycles. The fourth-order valence-electron chi connectivity index (χ4n) is 2.16. The van der Waals surface area contributed by atoms with E-state index in [1.165, 1.54) is 4.70 Å². The van der Waals surface area contributed by atoms with Gasteiger partial charge in [0, 0.05) is 26.4 Å². The molecule has 0 unspecified atom stereocenters. The van der Waals surface area contributed by atoms with Crippen molar-refractivity contribution in [2.24, 2.45) is 0 Å². The van der Waals surface area contributed by atoms with Gasteiger partial charge in [0.1, 0.15) is 5.01 Å². The van der Waals surface area contributed by atoms with Crippen molar-refractivity contribution >= 4 is 21.6 Å². The van der Waals surface area contributed by atoms with Crippen LogP contribution in [-0.2, 0) is 17.8 Å². The Hall–Kier alpha value is -1.76. The number of hydrogen-bond donors (Lipinski definition) is 1. The van der Waals surface area contributed by atoms with E-state index in [2.05, 4.69) is 21.5 Å². The molecule has 0 aliphatic heterocycles. The van der Waals surface area contributed by atoms with Gasteiger partial charge >= 0.3 is 0 Å². The molecule has 21 heavy (non-hydrogen) atoms. The van der Waals surface area contributed by atoms with E-state index in [1.807, 2.05) is 35.1 Å². The number of rotatable bonds is 7. The summed E-state index contributed by atoms with van der Waals surface area (Å²) in [7, 11) is 1.71. The summed E-state index contributed by atoms with van der Waals surface area (Å²) in [6.45, 7) is 3.05. The van der Waals surface area contributed by atoms with Gasteiger partial charge in [-0.2, -0.15) is 5.10 Å². The van der Waals surface area contributed by atoms with Gasteiger partial charge in [-0.1, -0.05) is 12.1 Å². The second-order valence-electron chi connectivity index (χ2n) is 4.73. The lowest BCUT2D eigenvalue weighted by atomic mass is 10.3. The van der Waals surface area contributed by atoms with E-state index in [4.69, 9.17) is 4.74 Å². The van der Waals surface area contributed by atoms with Crippen LogP contribution < -0.4 is 5.32 Å². The highest BCUT2D eigenvalue weighted by Gasteiger charge is 2.07. The molecule has 5 nitrogen and oxygen atoms in total. The lowest BCUT2D eigenvalue weighted by Crippen LogP contribution is -2.21. The molecule has 0 amide bonds. The van der Waals surface area contributed by atoms with Crippen molar-refractivity contribution in [1.82, 2.24) is 20.1 Å². The first-order valence-corrected chi connectivity index (χ1v) is 7.73. The molecular weight excluding hydrogens is 284 g/mol. The largest absolute Gasteiger partial charge is 0.383 e. The van der Waals surface area contributed by atoms with Gasteiger partial charge in [0.15, 0.2) is 0 Å². The number of methoxy groups -OCH3 is 1. The molecule has 110 valence electrons. The zero-order valence-electron chi connectivity index (χ0n) is 12.0. The van der Waals surface area contributed by atoms with Gasteiger partial charge in [-0.3, -0.25) is 4.68 Å². The van der Waals surface area contributed by atoms with E-state index in [0.29, 0.717) is 13.2 Å². The number of aromatic nitrogens is 3. The summed E-state index contributed by atoms with van der Waals surface area (Å²) in [4.78, 5) is 4.66. The van der Waals surface area contributed by atoms with Crippen LogP contribution in [0, 0.1) is 0 Å². The van der Waals surface area contributed by atoms with Crippen LogP contribution in [0.2, 0.25) is 0 Å². The van der Waals surface area contributed by atoms with Crippen molar-refractivity contribution in [3.8, 4) is 0 Å². The first-order valence-electron chi connectivity index (χ1n) is 6.91. The molecule has 0 aliphatic rings. The highest BCUT2D eigenvalue weighted by molar-refractivity contribution is 7.18. The van der Waals surface area contributed by atoms with Gasteiger partial charge in [0.05, 0.1) is 29.1 Å². The first-order chi connectivity index (χ1) is 10.4. The number of hydrogen-bond acceptors (Lipinski definition) is 5. The zero-order valence-corrected chi connectivity index (χ0v) is 12.8. The van der Waals surface area contributed by atoms with Crippen LogP contribution in [0.15, 0.2) is 36.5 Å². The predicted molar refractivity (Wildman–Crippen MR) is 84.5 cm³/mol. The molecule has 3 aromatic rings. The van der Waals surface area contributed by atoms with Crippen LogP contribution in [0.25, 0.3) is 10.2 Å². The number of benzene rings is 1. The summed E-state index contributed by atoms with van der Waals surface area (Å²) in [5, 5.41) is 8.81. The molecule has 0 radical (unpaired) electrons. The third kappa shape index (κ3) is 3.47. The van der Waals surface area contributed by atoms with E-state index in [-0.39, 0.29) is 0 Å². The Bertz CT molecular complexity index is 673. The van der Waals surface area contributed by atoms with Crippen molar-refractivity contribution in [3.05, 3.63) is 47.2 Å². The minimum absolute atomic E-state index is 0.714. The Morgan fingerprint density at radius 2 is 2.19 bits per heavy atom. The Morgan fingerprint density at radius 3 is 3.05 bits per heavy atom.